The standard InChI is InChI=1S/C23H28O3/c1-2-26-22(24)23(17-11-7-12-18-23)16-10-4-3-5-13-19-25-20-21-14-8-6-9-15-21/h6,8-9,14-15H,2-3,7,11-12,16-20H2,1H3. The van der Waals surface area contributed by atoms with Gasteiger partial charge in [0, 0.05) is 6.42 Å². The molecule has 2 rings (SSSR count). The van der Waals surface area contributed by atoms with E-state index in [4.69, 9.17) is 9.47 Å². The van der Waals surface area contributed by atoms with Gasteiger partial charge in [-0.2, -0.15) is 0 Å². The first-order valence-electron chi connectivity index (χ1n) is 9.47. The molecular formula is C23H28O3. The highest BCUT2D eigenvalue weighted by Crippen LogP contribution is 2.40. The first kappa shape index (κ1) is 20.1. The molecule has 1 aromatic rings. The van der Waals surface area contributed by atoms with Crippen molar-refractivity contribution < 1.29 is 14.3 Å². The molecule has 26 heavy (non-hydrogen) atoms. The van der Waals surface area contributed by atoms with Gasteiger partial charge >= 0.3 is 5.97 Å². The van der Waals surface area contributed by atoms with Gasteiger partial charge in [-0.15, -0.1) is 5.92 Å². The SMILES string of the molecule is CCOC(=O)C1(CC#CCC#CCOCc2ccccc2)CCCCC1. The predicted octanol–water partition coefficient (Wildman–Crippen LogP) is 4.50. The fraction of sp³-hybridized carbons (Fsp3) is 0.522. The highest BCUT2D eigenvalue weighted by atomic mass is 16.5. The molecule has 0 aliphatic heterocycles. The molecule has 1 aliphatic carbocycles. The molecule has 0 unspecified atom stereocenters. The zero-order chi connectivity index (χ0) is 18.5. The first-order valence-corrected chi connectivity index (χ1v) is 9.47. The van der Waals surface area contributed by atoms with E-state index in [2.05, 4.69) is 23.7 Å². The maximum absolute atomic E-state index is 12.3. The third kappa shape index (κ3) is 6.58. The zero-order valence-corrected chi connectivity index (χ0v) is 15.7. The summed E-state index contributed by atoms with van der Waals surface area (Å²) in [6.45, 7) is 3.27. The van der Waals surface area contributed by atoms with E-state index in [0.717, 1.165) is 31.2 Å². The minimum atomic E-state index is -0.395. The number of hydrogen-bond acceptors (Lipinski definition) is 3. The van der Waals surface area contributed by atoms with Gasteiger partial charge in [-0.05, 0) is 25.3 Å². The molecule has 0 bridgehead atoms. The Hall–Kier alpha value is -2.23. The van der Waals surface area contributed by atoms with Crippen LogP contribution in [0.15, 0.2) is 30.3 Å². The summed E-state index contributed by atoms with van der Waals surface area (Å²) < 4.78 is 10.8. The predicted molar refractivity (Wildman–Crippen MR) is 103 cm³/mol. The Kier molecular flexibility index (Phi) is 8.81. The van der Waals surface area contributed by atoms with Gasteiger partial charge in [0.1, 0.15) is 6.61 Å². The molecule has 138 valence electrons. The van der Waals surface area contributed by atoms with E-state index < -0.39 is 5.41 Å². The summed E-state index contributed by atoms with van der Waals surface area (Å²) >= 11 is 0. The van der Waals surface area contributed by atoms with Crippen molar-refractivity contribution in [3.8, 4) is 23.7 Å². The topological polar surface area (TPSA) is 35.5 Å². The van der Waals surface area contributed by atoms with Crippen LogP contribution in [0.5, 0.6) is 0 Å². The van der Waals surface area contributed by atoms with E-state index in [1.54, 1.807) is 0 Å². The van der Waals surface area contributed by atoms with Crippen LogP contribution in [0.3, 0.4) is 0 Å². The van der Waals surface area contributed by atoms with Crippen LogP contribution < -0.4 is 0 Å². The smallest absolute Gasteiger partial charge is 0.313 e. The van der Waals surface area contributed by atoms with Crippen molar-refractivity contribution in [1.82, 2.24) is 0 Å². The lowest BCUT2D eigenvalue weighted by Gasteiger charge is -2.33. The van der Waals surface area contributed by atoms with E-state index >= 15 is 0 Å². The second-order valence-electron chi connectivity index (χ2n) is 6.60. The largest absolute Gasteiger partial charge is 0.466 e. The van der Waals surface area contributed by atoms with Gasteiger partial charge in [0.25, 0.3) is 0 Å². The van der Waals surface area contributed by atoms with Crippen molar-refractivity contribution in [3.63, 3.8) is 0 Å². The summed E-state index contributed by atoms with van der Waals surface area (Å²) in [5, 5.41) is 0. The fourth-order valence-corrected chi connectivity index (χ4v) is 3.21. The Balaban J connectivity index is 1.72. The number of rotatable bonds is 6. The molecular weight excluding hydrogens is 324 g/mol. The summed E-state index contributed by atoms with van der Waals surface area (Å²) in [6, 6.07) is 10.0. The van der Waals surface area contributed by atoms with Crippen LogP contribution in [0.2, 0.25) is 0 Å². The van der Waals surface area contributed by atoms with Crippen molar-refractivity contribution >= 4 is 5.97 Å². The highest BCUT2D eigenvalue weighted by molar-refractivity contribution is 5.77. The third-order valence-electron chi connectivity index (χ3n) is 4.66. The number of benzene rings is 1. The number of ether oxygens (including phenoxy) is 2. The molecule has 1 fully saturated rings. The van der Waals surface area contributed by atoms with E-state index in [1.807, 2.05) is 37.3 Å². The average Bonchev–Trinajstić information content (AvgIpc) is 2.68. The molecule has 0 N–H and O–H groups in total. The third-order valence-corrected chi connectivity index (χ3v) is 4.66. The summed E-state index contributed by atoms with van der Waals surface area (Å²) in [5.74, 6) is 12.2. The van der Waals surface area contributed by atoms with Crippen LogP contribution in [0.25, 0.3) is 0 Å². The van der Waals surface area contributed by atoms with Crippen molar-refractivity contribution in [2.45, 2.75) is 58.5 Å². The van der Waals surface area contributed by atoms with Gasteiger partial charge < -0.3 is 9.47 Å². The van der Waals surface area contributed by atoms with Crippen LogP contribution in [-0.2, 0) is 20.9 Å². The van der Waals surface area contributed by atoms with Crippen molar-refractivity contribution in [3.05, 3.63) is 35.9 Å². The zero-order valence-electron chi connectivity index (χ0n) is 15.7. The highest BCUT2D eigenvalue weighted by Gasteiger charge is 2.40. The van der Waals surface area contributed by atoms with Crippen molar-refractivity contribution in [1.29, 1.82) is 0 Å². The van der Waals surface area contributed by atoms with Crippen LogP contribution in [0.1, 0.15) is 57.4 Å². The van der Waals surface area contributed by atoms with Gasteiger partial charge in [0.2, 0.25) is 0 Å². The normalized spacial score (nSPS) is 15.1. The average molecular weight is 352 g/mol. The molecule has 3 nitrogen and oxygen atoms in total. The molecule has 0 aromatic heterocycles. The molecule has 1 saturated carbocycles. The Morgan fingerprint density at radius 1 is 1.04 bits per heavy atom. The quantitative estimate of drug-likeness (QED) is 0.429. The van der Waals surface area contributed by atoms with Gasteiger partial charge in [-0.1, -0.05) is 67.4 Å². The Bertz CT molecular complexity index is 664. The molecule has 0 saturated heterocycles. The maximum atomic E-state index is 12.3. The van der Waals surface area contributed by atoms with Crippen LogP contribution in [-0.4, -0.2) is 19.2 Å². The number of carbonyl (C=O) groups excluding carboxylic acids is 1. The van der Waals surface area contributed by atoms with Crippen molar-refractivity contribution in [2.24, 2.45) is 5.41 Å². The lowest BCUT2D eigenvalue weighted by atomic mass is 9.72. The number of esters is 1. The minimum absolute atomic E-state index is 0.0746. The fourth-order valence-electron chi connectivity index (χ4n) is 3.21. The van der Waals surface area contributed by atoms with Crippen molar-refractivity contribution in [2.75, 3.05) is 13.2 Å². The summed E-state index contributed by atoms with van der Waals surface area (Å²) in [5.41, 5.74) is 0.749. The van der Waals surface area contributed by atoms with E-state index in [-0.39, 0.29) is 5.97 Å². The second-order valence-corrected chi connectivity index (χ2v) is 6.60. The Labute approximate surface area is 157 Å². The minimum Gasteiger partial charge on any atom is -0.466 e. The lowest BCUT2D eigenvalue weighted by Crippen LogP contribution is -2.34. The van der Waals surface area contributed by atoms with Gasteiger partial charge in [-0.25, -0.2) is 0 Å². The van der Waals surface area contributed by atoms with Gasteiger partial charge in [-0.3, -0.25) is 4.79 Å². The lowest BCUT2D eigenvalue weighted by molar-refractivity contribution is -0.157. The first-order chi connectivity index (χ1) is 12.8. The molecule has 0 radical (unpaired) electrons. The van der Waals surface area contributed by atoms with Crippen LogP contribution >= 0.6 is 0 Å². The maximum Gasteiger partial charge on any atom is 0.313 e. The summed E-state index contributed by atoms with van der Waals surface area (Å²) in [7, 11) is 0. The number of hydrogen-bond donors (Lipinski definition) is 0. The molecule has 0 amide bonds. The molecule has 3 heteroatoms. The molecule has 0 atom stereocenters. The van der Waals surface area contributed by atoms with Crippen LogP contribution in [0.4, 0.5) is 0 Å². The molecule has 1 aliphatic rings. The Morgan fingerprint density at radius 3 is 2.50 bits per heavy atom. The summed E-state index contributed by atoms with van der Waals surface area (Å²) in [6.07, 6.45) is 6.23. The van der Waals surface area contributed by atoms with E-state index in [1.165, 1.54) is 6.42 Å². The van der Waals surface area contributed by atoms with E-state index in [0.29, 0.717) is 32.7 Å². The Morgan fingerprint density at radius 2 is 1.77 bits per heavy atom. The monoisotopic (exact) mass is 352 g/mol. The molecule has 1 aromatic carbocycles. The number of carbonyl (C=O) groups is 1. The molecule has 0 spiro atoms. The van der Waals surface area contributed by atoms with Crippen LogP contribution in [0, 0.1) is 29.1 Å². The van der Waals surface area contributed by atoms with E-state index in [9.17, 15) is 4.79 Å². The van der Waals surface area contributed by atoms with Gasteiger partial charge in [0.05, 0.1) is 25.0 Å². The molecule has 0 heterocycles. The van der Waals surface area contributed by atoms with Gasteiger partial charge in [0.15, 0.2) is 0 Å². The summed E-state index contributed by atoms with van der Waals surface area (Å²) in [4.78, 5) is 12.3. The second kappa shape index (κ2) is 11.4.